The first-order valence-corrected chi connectivity index (χ1v) is 0.707. The zero-order valence-corrected chi connectivity index (χ0v) is 8.05. The van der Waals surface area contributed by atoms with E-state index in [1.54, 1.807) is 0 Å². The summed E-state index contributed by atoms with van der Waals surface area (Å²) in [5.74, 6) is 0. The summed E-state index contributed by atoms with van der Waals surface area (Å²) in [5.41, 5.74) is 0. The van der Waals surface area contributed by atoms with Crippen molar-refractivity contribution in [2.75, 3.05) is 0 Å². The van der Waals surface area contributed by atoms with Gasteiger partial charge in [-0.25, -0.2) is 0 Å². The van der Waals surface area contributed by atoms with Crippen molar-refractivity contribution in [2.45, 2.75) is 0 Å². The zero-order chi connectivity index (χ0) is 3.58. The van der Waals surface area contributed by atoms with Crippen molar-refractivity contribution in [1.82, 2.24) is 0 Å². The Morgan fingerprint density at radius 1 is 1.00 bits per heavy atom. The van der Waals surface area contributed by atoms with Gasteiger partial charge < -0.3 is 15.1 Å². The van der Waals surface area contributed by atoms with E-state index < -0.39 is 7.32 Å². The Morgan fingerprint density at radius 2 is 1.00 bits per heavy atom. The van der Waals surface area contributed by atoms with Crippen LogP contribution in [0.3, 0.4) is 0 Å². The van der Waals surface area contributed by atoms with E-state index >= 15 is 0 Å². The van der Waals surface area contributed by atoms with Gasteiger partial charge in [0.1, 0.15) is 0 Å². The van der Waals surface area contributed by atoms with Crippen LogP contribution in [0.15, 0.2) is 0 Å². The maximum atomic E-state index is 8.42. The van der Waals surface area contributed by atoms with Crippen LogP contribution >= 0.6 is 0 Å². The van der Waals surface area contributed by atoms with Crippen molar-refractivity contribution >= 4 is 7.32 Å². The Kier molecular flexibility index (Phi) is 25.1. The van der Waals surface area contributed by atoms with Crippen molar-refractivity contribution in [3.05, 3.63) is 0 Å². The molecular formula is BO3PtTa+4. The van der Waals surface area contributed by atoms with Crippen molar-refractivity contribution in [1.29, 1.82) is 0 Å². The molecular weight excluding hydrogens is 435 g/mol. The second-order valence-electron chi connectivity index (χ2n) is 0.289. The fourth-order valence-electron chi connectivity index (χ4n) is 0. The van der Waals surface area contributed by atoms with Gasteiger partial charge in [0.05, 0.1) is 0 Å². The predicted octanol–water partition coefficient (Wildman–Crippen LogP) is -3.95. The number of hydrogen-bond donors (Lipinski definition) is 0. The average Bonchev–Trinajstić information content (AvgIpc) is 0.811. The minimum atomic E-state index is -2.92. The smallest absolute Gasteiger partial charge is 0.907 e. The van der Waals surface area contributed by atoms with E-state index in [2.05, 4.69) is 0 Å². The molecule has 0 aromatic carbocycles. The van der Waals surface area contributed by atoms with Crippen LogP contribution in [0, 0.1) is 0 Å². The molecule has 0 amide bonds. The van der Waals surface area contributed by atoms with Gasteiger partial charge in [0.25, 0.3) is 0 Å². The van der Waals surface area contributed by atoms with Crippen LogP contribution in [0.5, 0.6) is 0 Å². The molecule has 0 aliphatic heterocycles. The minimum Gasteiger partial charge on any atom is -0.907 e. The Bertz CT molecular complexity index is 15.5. The van der Waals surface area contributed by atoms with Gasteiger partial charge in [-0.2, -0.15) is 0 Å². The van der Waals surface area contributed by atoms with Gasteiger partial charge in [-0.15, -0.1) is 0 Å². The molecule has 0 aliphatic rings. The summed E-state index contributed by atoms with van der Waals surface area (Å²) in [4.78, 5) is 0. The van der Waals surface area contributed by atoms with Crippen molar-refractivity contribution in [3.8, 4) is 0 Å². The molecule has 0 spiro atoms. The van der Waals surface area contributed by atoms with E-state index in [1.165, 1.54) is 0 Å². The van der Waals surface area contributed by atoms with Crippen LogP contribution in [-0.2, 0) is 43.4 Å². The molecule has 0 saturated carbocycles. The van der Waals surface area contributed by atoms with Gasteiger partial charge >= 0.3 is 43.4 Å². The molecule has 0 aromatic rings. The second-order valence-corrected chi connectivity index (χ2v) is 0.289. The summed E-state index contributed by atoms with van der Waals surface area (Å²) < 4.78 is 0. The van der Waals surface area contributed by atoms with Crippen molar-refractivity contribution in [3.63, 3.8) is 0 Å². The van der Waals surface area contributed by atoms with Crippen LogP contribution in [0.25, 0.3) is 0 Å². The molecule has 32 valence electrons. The van der Waals surface area contributed by atoms with Gasteiger partial charge in [-0.3, -0.25) is 7.32 Å². The summed E-state index contributed by atoms with van der Waals surface area (Å²) in [6.07, 6.45) is 0. The number of rotatable bonds is 0. The molecule has 0 radical (unpaired) electrons. The molecule has 0 atom stereocenters. The fourth-order valence-corrected chi connectivity index (χ4v) is 0. The van der Waals surface area contributed by atoms with Crippen LogP contribution in [-0.4, -0.2) is 7.32 Å². The topological polar surface area (TPSA) is 69.2 Å². The summed E-state index contributed by atoms with van der Waals surface area (Å²) in [5, 5.41) is 25.2. The summed E-state index contributed by atoms with van der Waals surface area (Å²) in [6, 6.07) is 0. The first-order chi connectivity index (χ1) is 1.73. The van der Waals surface area contributed by atoms with Crippen LogP contribution in [0.1, 0.15) is 0 Å². The third-order valence-corrected chi connectivity index (χ3v) is 0. The molecule has 0 rings (SSSR count). The zero-order valence-electron chi connectivity index (χ0n) is 2.57. The second kappa shape index (κ2) is 9.62. The van der Waals surface area contributed by atoms with Gasteiger partial charge in [0.2, 0.25) is 0 Å². The van der Waals surface area contributed by atoms with Gasteiger partial charge in [-0.05, 0) is 0 Å². The summed E-state index contributed by atoms with van der Waals surface area (Å²) in [6.45, 7) is 0. The minimum absolute atomic E-state index is 0. The van der Waals surface area contributed by atoms with E-state index in [0.717, 1.165) is 0 Å². The van der Waals surface area contributed by atoms with E-state index in [4.69, 9.17) is 15.1 Å². The third kappa shape index (κ3) is 54.5. The Morgan fingerprint density at radius 3 is 1.00 bits per heavy atom. The molecule has 0 unspecified atom stereocenters. The van der Waals surface area contributed by atoms with Crippen LogP contribution < -0.4 is 15.1 Å². The predicted molar refractivity (Wildman–Crippen MR) is 5.75 cm³/mol. The molecule has 6 heavy (non-hydrogen) atoms. The summed E-state index contributed by atoms with van der Waals surface area (Å²) >= 11 is 0. The van der Waals surface area contributed by atoms with E-state index in [9.17, 15) is 0 Å². The quantitative estimate of drug-likeness (QED) is 0.365. The molecule has 0 aliphatic carbocycles. The SMILES string of the molecule is [O-]B([O-])[O-].[Pt+2].[Ta+5]. The van der Waals surface area contributed by atoms with Gasteiger partial charge in [0, 0.05) is 0 Å². The Balaban J connectivity index is -0.0000000450. The molecule has 0 bridgehead atoms. The van der Waals surface area contributed by atoms with Crippen LogP contribution in [0.4, 0.5) is 0 Å². The van der Waals surface area contributed by atoms with Gasteiger partial charge in [-0.1, -0.05) is 0 Å². The normalized spacial score (nSPS) is 4.50. The molecule has 0 saturated heterocycles. The monoisotopic (exact) mass is 435 g/mol. The molecule has 3 nitrogen and oxygen atoms in total. The maximum Gasteiger partial charge on any atom is 5.00 e. The molecule has 6 heteroatoms. The molecule has 0 fully saturated rings. The van der Waals surface area contributed by atoms with E-state index in [1.807, 2.05) is 0 Å². The van der Waals surface area contributed by atoms with E-state index in [-0.39, 0.29) is 43.4 Å². The first kappa shape index (κ1) is 15.7. The van der Waals surface area contributed by atoms with Crippen molar-refractivity contribution < 1.29 is 58.5 Å². The van der Waals surface area contributed by atoms with Crippen molar-refractivity contribution in [2.24, 2.45) is 0 Å². The third-order valence-electron chi connectivity index (χ3n) is 0. The van der Waals surface area contributed by atoms with E-state index in [0.29, 0.717) is 0 Å². The maximum absolute atomic E-state index is 8.42. The Labute approximate surface area is 65.7 Å². The fraction of sp³-hybridized carbons (Fsp3) is 0. The van der Waals surface area contributed by atoms with Crippen LogP contribution in [0.2, 0.25) is 0 Å². The largest absolute Gasteiger partial charge is 5.00 e. The standard InChI is InChI=1S/BO3.Pt.Ta/c2-1(3)4;;/q-3;+2;+5. The Hall–Kier alpha value is 1.37. The number of hydrogen-bond acceptors (Lipinski definition) is 3. The summed E-state index contributed by atoms with van der Waals surface area (Å²) in [7, 11) is -2.92. The molecule has 0 N–H and O–H groups in total. The molecule has 0 aromatic heterocycles. The molecule has 0 heterocycles. The average molecular weight is 435 g/mol. The first-order valence-electron chi connectivity index (χ1n) is 0.707. The van der Waals surface area contributed by atoms with Gasteiger partial charge in [0.15, 0.2) is 0 Å².